The first-order chi connectivity index (χ1) is 7.50. The largest absolute Gasteiger partial charge is 0.368 e. The van der Waals surface area contributed by atoms with Crippen LogP contribution >= 0.6 is 0 Å². The van der Waals surface area contributed by atoms with Gasteiger partial charge in [-0.1, -0.05) is 17.7 Å². The molecule has 0 saturated carbocycles. The van der Waals surface area contributed by atoms with Crippen LogP contribution in [0.15, 0.2) is 18.2 Å². The van der Waals surface area contributed by atoms with E-state index in [0.717, 1.165) is 11.1 Å². The molecule has 0 aliphatic rings. The number of carbonyl (C=O) groups excluding carboxylic acids is 2. The third kappa shape index (κ3) is 3.36. The average molecular weight is 222 g/mol. The molecule has 0 radical (unpaired) electrons. The van der Waals surface area contributed by atoms with Gasteiger partial charge >= 0.3 is 0 Å². The molecule has 1 aromatic carbocycles. The number of aryl methyl sites for hydroxylation is 2. The van der Waals surface area contributed by atoms with Crippen LogP contribution in [0.2, 0.25) is 0 Å². The van der Waals surface area contributed by atoms with E-state index in [-0.39, 0.29) is 12.5 Å². The van der Waals surface area contributed by atoms with Gasteiger partial charge in [-0.15, -0.1) is 0 Å². The second-order valence-corrected chi connectivity index (χ2v) is 3.50. The quantitative estimate of drug-likeness (QED) is 0.726. The van der Waals surface area contributed by atoms with E-state index >= 15 is 0 Å². The van der Waals surface area contributed by atoms with Crippen molar-refractivity contribution in [2.24, 2.45) is 5.73 Å². The first-order valence-electron chi connectivity index (χ1n) is 4.78. The summed E-state index contributed by atoms with van der Waals surface area (Å²) in [4.78, 5) is 26.6. The number of amides is 2. The van der Waals surface area contributed by atoms with Gasteiger partial charge in [0.2, 0.25) is 5.91 Å². The Labute approximate surface area is 93.5 Å². The van der Waals surface area contributed by atoms with Gasteiger partial charge in [0.05, 0.1) is 0 Å². The van der Waals surface area contributed by atoms with Crippen LogP contribution in [0.3, 0.4) is 0 Å². The van der Waals surface area contributed by atoms with Gasteiger partial charge < -0.3 is 5.73 Å². The van der Waals surface area contributed by atoms with E-state index in [0.29, 0.717) is 5.56 Å². The Morgan fingerprint density at radius 2 is 2.06 bits per heavy atom. The summed E-state index contributed by atoms with van der Waals surface area (Å²) < 4.78 is 0. The molecular weight excluding hydrogens is 208 g/mol. The molecule has 0 atom stereocenters. The number of hydrogen-bond donors (Lipinski definition) is 2. The van der Waals surface area contributed by atoms with Crippen LogP contribution in [0, 0.1) is 13.8 Å². The maximum atomic E-state index is 11.6. The van der Waals surface area contributed by atoms with E-state index in [1.165, 1.54) is 0 Å². The van der Waals surface area contributed by atoms with E-state index in [9.17, 15) is 9.59 Å². The van der Waals surface area contributed by atoms with Gasteiger partial charge in [-0.2, -0.15) is 0 Å². The molecule has 3 N–H and O–H groups in total. The maximum Gasteiger partial charge on any atom is 0.275 e. The van der Waals surface area contributed by atoms with Crippen LogP contribution in [0.25, 0.3) is 0 Å². The minimum Gasteiger partial charge on any atom is -0.368 e. The smallest absolute Gasteiger partial charge is 0.275 e. The van der Waals surface area contributed by atoms with Crippen LogP contribution in [-0.4, -0.2) is 18.4 Å². The number of carbonyl (C=O) groups is 2. The van der Waals surface area contributed by atoms with Crippen molar-refractivity contribution in [2.45, 2.75) is 13.8 Å². The van der Waals surface area contributed by atoms with Crippen molar-refractivity contribution in [3.05, 3.63) is 34.9 Å². The van der Waals surface area contributed by atoms with Crippen LogP contribution in [0.5, 0.6) is 0 Å². The topological polar surface area (TPSA) is 81.4 Å². The lowest BCUT2D eigenvalue weighted by Crippen LogP contribution is -2.29. The molecule has 16 heavy (non-hydrogen) atoms. The lowest BCUT2D eigenvalue weighted by molar-refractivity contribution is -0.124. The average Bonchev–Trinajstić information content (AvgIpc) is 2.21. The normalized spacial score (nSPS) is 9.88. The summed E-state index contributed by atoms with van der Waals surface area (Å²) in [6.07, 6.45) is 0. The molecule has 5 nitrogen and oxygen atoms in total. The summed E-state index contributed by atoms with van der Waals surface area (Å²) >= 11 is 0. The molecule has 0 saturated heterocycles. The summed E-state index contributed by atoms with van der Waals surface area (Å²) in [6.45, 7) is 3.37. The molecule has 0 unspecified atom stereocenters. The third-order valence-electron chi connectivity index (χ3n) is 2.02. The van der Waals surface area contributed by atoms with E-state index in [1.807, 2.05) is 26.0 Å². The molecule has 0 fully saturated rings. The summed E-state index contributed by atoms with van der Waals surface area (Å²) in [6, 6.07) is 5.51. The lowest BCUT2D eigenvalue weighted by Gasteiger charge is -2.07. The Bertz CT molecular complexity index is 416. The number of rotatable bonds is 4. The highest BCUT2D eigenvalue weighted by Gasteiger charge is 2.09. The predicted molar refractivity (Wildman–Crippen MR) is 58.5 cm³/mol. The van der Waals surface area contributed by atoms with E-state index in [1.54, 1.807) is 6.07 Å². The molecule has 0 spiro atoms. The van der Waals surface area contributed by atoms with E-state index in [4.69, 9.17) is 5.73 Å². The molecule has 0 bridgehead atoms. The van der Waals surface area contributed by atoms with Gasteiger partial charge in [0.25, 0.3) is 5.91 Å². The fourth-order valence-corrected chi connectivity index (χ4v) is 1.21. The molecule has 0 aliphatic carbocycles. The van der Waals surface area contributed by atoms with Gasteiger partial charge in [0.15, 0.2) is 6.61 Å². The Kier molecular flexibility index (Phi) is 4.02. The molecule has 1 aromatic rings. The Morgan fingerprint density at radius 1 is 1.38 bits per heavy atom. The minimum absolute atomic E-state index is 0.337. The molecule has 0 aromatic heterocycles. The Hall–Kier alpha value is -1.88. The zero-order valence-corrected chi connectivity index (χ0v) is 9.24. The number of hydrogen-bond acceptors (Lipinski definition) is 3. The number of benzene rings is 1. The van der Waals surface area contributed by atoms with Crippen LogP contribution in [0.1, 0.15) is 21.5 Å². The van der Waals surface area contributed by atoms with Gasteiger partial charge in [0.1, 0.15) is 0 Å². The number of hydroxylamine groups is 1. The third-order valence-corrected chi connectivity index (χ3v) is 2.02. The van der Waals surface area contributed by atoms with E-state index in [2.05, 4.69) is 10.3 Å². The fourth-order valence-electron chi connectivity index (χ4n) is 1.21. The zero-order valence-electron chi connectivity index (χ0n) is 9.24. The molecule has 86 valence electrons. The monoisotopic (exact) mass is 222 g/mol. The summed E-state index contributed by atoms with van der Waals surface area (Å²) in [5.41, 5.74) is 9.35. The SMILES string of the molecule is Cc1ccc(C)c(C(=O)NOCC(N)=O)c1. The maximum absolute atomic E-state index is 11.6. The summed E-state index contributed by atoms with van der Waals surface area (Å²) in [7, 11) is 0. The van der Waals surface area contributed by atoms with Crippen molar-refractivity contribution >= 4 is 11.8 Å². The molecule has 0 aliphatic heterocycles. The van der Waals surface area contributed by atoms with Crippen molar-refractivity contribution in [2.75, 3.05) is 6.61 Å². The van der Waals surface area contributed by atoms with Crippen molar-refractivity contribution in [1.82, 2.24) is 5.48 Å². The van der Waals surface area contributed by atoms with Gasteiger partial charge in [-0.25, -0.2) is 5.48 Å². The lowest BCUT2D eigenvalue weighted by atomic mass is 10.1. The Balaban J connectivity index is 2.65. The Morgan fingerprint density at radius 3 is 2.69 bits per heavy atom. The highest BCUT2D eigenvalue weighted by molar-refractivity contribution is 5.95. The van der Waals surface area contributed by atoms with Crippen molar-refractivity contribution in [1.29, 1.82) is 0 Å². The number of nitrogens with two attached hydrogens (primary N) is 1. The van der Waals surface area contributed by atoms with Crippen molar-refractivity contribution in [3.63, 3.8) is 0 Å². The highest BCUT2D eigenvalue weighted by atomic mass is 16.7. The zero-order chi connectivity index (χ0) is 12.1. The van der Waals surface area contributed by atoms with Crippen molar-refractivity contribution < 1.29 is 14.4 Å². The highest BCUT2D eigenvalue weighted by Crippen LogP contribution is 2.10. The second-order valence-electron chi connectivity index (χ2n) is 3.50. The van der Waals surface area contributed by atoms with Crippen molar-refractivity contribution in [3.8, 4) is 0 Å². The van der Waals surface area contributed by atoms with Gasteiger partial charge in [-0.05, 0) is 25.5 Å². The fraction of sp³-hybridized carbons (Fsp3) is 0.273. The molecular formula is C11H14N2O3. The van der Waals surface area contributed by atoms with Crippen LogP contribution in [-0.2, 0) is 9.63 Å². The first-order valence-corrected chi connectivity index (χ1v) is 4.78. The van der Waals surface area contributed by atoms with Gasteiger partial charge in [0, 0.05) is 5.56 Å². The van der Waals surface area contributed by atoms with E-state index < -0.39 is 5.91 Å². The first kappa shape index (κ1) is 12.2. The number of nitrogens with one attached hydrogen (secondary N) is 1. The van der Waals surface area contributed by atoms with Crippen LogP contribution < -0.4 is 11.2 Å². The van der Waals surface area contributed by atoms with Crippen LogP contribution in [0.4, 0.5) is 0 Å². The standard InChI is InChI=1S/C11H14N2O3/c1-7-3-4-8(2)9(5-7)11(15)13-16-6-10(12)14/h3-5H,6H2,1-2H3,(H2,12,14)(H,13,15). The summed E-state index contributed by atoms with van der Waals surface area (Å²) in [5.74, 6) is -1.02. The molecule has 5 heteroatoms. The molecule has 0 heterocycles. The molecule has 2 amide bonds. The second kappa shape index (κ2) is 5.27. The predicted octanol–water partition coefficient (Wildman–Crippen LogP) is 0.450. The summed E-state index contributed by atoms with van der Waals surface area (Å²) in [5, 5.41) is 0. The minimum atomic E-state index is -0.638. The van der Waals surface area contributed by atoms with Gasteiger partial charge in [-0.3, -0.25) is 14.4 Å². The number of primary amides is 1. The molecule has 1 rings (SSSR count).